The highest BCUT2D eigenvalue weighted by Gasteiger charge is 2.22. The normalized spacial score (nSPS) is 18.2. The average molecular weight is 215 g/mol. The molecule has 0 bridgehead atoms. The Morgan fingerprint density at radius 3 is 2.67 bits per heavy atom. The molecule has 0 aliphatic rings. The van der Waals surface area contributed by atoms with Crippen molar-refractivity contribution >= 4 is 24.1 Å². The number of carboxylic acid groups (broad SMARTS) is 1. The van der Waals surface area contributed by atoms with Crippen LogP contribution in [0.3, 0.4) is 0 Å². The van der Waals surface area contributed by atoms with E-state index in [2.05, 4.69) is 4.52 Å². The first-order chi connectivity index (χ1) is 5.39. The molecular formula is C4H10NO5PS. The molecular weight excluding hydrogens is 205 g/mol. The van der Waals surface area contributed by atoms with Gasteiger partial charge >= 0.3 is 12.8 Å². The highest BCUT2D eigenvalue weighted by atomic mass is 32.7. The standard InChI is InChI=1S/C4H10NO5PS/c1-10-11(8,9)12-2-3(5)4(6)7/h3H,2,5H2,1H3,(H,6,7)(H,8,9). The van der Waals surface area contributed by atoms with Crippen molar-refractivity contribution in [3.05, 3.63) is 0 Å². The summed E-state index contributed by atoms with van der Waals surface area (Å²) in [6.45, 7) is -3.69. The van der Waals surface area contributed by atoms with Crippen LogP contribution in [0.4, 0.5) is 0 Å². The maximum absolute atomic E-state index is 10.8. The largest absolute Gasteiger partial charge is 0.480 e. The molecule has 0 spiro atoms. The molecule has 0 heterocycles. The SMILES string of the molecule is COP(=O)(O)SCC(N)C(=O)O. The molecule has 72 valence electrons. The van der Waals surface area contributed by atoms with Crippen LogP contribution in [0.25, 0.3) is 0 Å². The summed E-state index contributed by atoms with van der Waals surface area (Å²) in [5, 5.41) is 8.30. The van der Waals surface area contributed by atoms with Crippen molar-refractivity contribution in [2.24, 2.45) is 5.73 Å². The molecule has 0 saturated heterocycles. The first-order valence-electron chi connectivity index (χ1n) is 2.90. The van der Waals surface area contributed by atoms with Crippen LogP contribution in [0.15, 0.2) is 0 Å². The third kappa shape index (κ3) is 4.74. The summed E-state index contributed by atoms with van der Waals surface area (Å²) in [5.74, 6) is -1.37. The van der Waals surface area contributed by atoms with Crippen LogP contribution in [0.2, 0.25) is 0 Å². The Morgan fingerprint density at radius 2 is 2.33 bits per heavy atom. The van der Waals surface area contributed by atoms with Gasteiger partial charge in [-0.1, -0.05) is 0 Å². The zero-order valence-corrected chi connectivity index (χ0v) is 8.05. The average Bonchev–Trinajstić information content (AvgIpc) is 2.00. The van der Waals surface area contributed by atoms with E-state index in [9.17, 15) is 9.36 Å². The Kier molecular flexibility index (Phi) is 4.81. The summed E-state index contributed by atoms with van der Waals surface area (Å²) in [6, 6.07) is -1.15. The van der Waals surface area contributed by atoms with E-state index in [4.69, 9.17) is 15.7 Å². The maximum Gasteiger partial charge on any atom is 0.386 e. The number of carboxylic acids is 1. The fraction of sp³-hybridized carbons (Fsp3) is 0.750. The highest BCUT2D eigenvalue weighted by Crippen LogP contribution is 2.54. The predicted molar refractivity (Wildman–Crippen MR) is 44.9 cm³/mol. The van der Waals surface area contributed by atoms with E-state index in [0.717, 1.165) is 7.11 Å². The first kappa shape index (κ1) is 11.9. The number of rotatable bonds is 5. The Balaban J connectivity index is 3.83. The first-order valence-corrected chi connectivity index (χ1v) is 6.07. The van der Waals surface area contributed by atoms with Gasteiger partial charge in [-0.3, -0.25) is 4.79 Å². The fourth-order valence-corrected chi connectivity index (χ4v) is 2.26. The van der Waals surface area contributed by atoms with Gasteiger partial charge in [-0.05, 0) is 11.4 Å². The summed E-state index contributed by atoms with van der Waals surface area (Å²) in [6.07, 6.45) is 0. The van der Waals surface area contributed by atoms with Crippen LogP contribution in [0, 0.1) is 0 Å². The van der Waals surface area contributed by atoms with Crippen molar-refractivity contribution in [1.29, 1.82) is 0 Å². The van der Waals surface area contributed by atoms with Gasteiger partial charge in [0.1, 0.15) is 6.04 Å². The van der Waals surface area contributed by atoms with Gasteiger partial charge in [0.05, 0.1) is 0 Å². The Morgan fingerprint density at radius 1 is 1.83 bits per heavy atom. The minimum atomic E-state index is -3.69. The minimum absolute atomic E-state index is 0.156. The van der Waals surface area contributed by atoms with Crippen LogP contribution in [-0.2, 0) is 13.9 Å². The van der Waals surface area contributed by atoms with E-state index in [-0.39, 0.29) is 5.75 Å². The van der Waals surface area contributed by atoms with E-state index in [0.29, 0.717) is 11.4 Å². The summed E-state index contributed by atoms with van der Waals surface area (Å²) in [4.78, 5) is 19.0. The van der Waals surface area contributed by atoms with Gasteiger partial charge in [-0.15, -0.1) is 0 Å². The molecule has 12 heavy (non-hydrogen) atoms. The summed E-state index contributed by atoms with van der Waals surface area (Å²) in [7, 11) is 1.07. The molecule has 2 unspecified atom stereocenters. The maximum atomic E-state index is 10.8. The van der Waals surface area contributed by atoms with Gasteiger partial charge in [0.15, 0.2) is 0 Å². The van der Waals surface area contributed by atoms with Crippen molar-refractivity contribution in [3.63, 3.8) is 0 Å². The van der Waals surface area contributed by atoms with Crippen LogP contribution in [-0.4, -0.2) is 34.9 Å². The lowest BCUT2D eigenvalue weighted by molar-refractivity contribution is -0.137. The number of hydrogen-bond acceptors (Lipinski definition) is 5. The van der Waals surface area contributed by atoms with Crippen molar-refractivity contribution in [3.8, 4) is 0 Å². The molecule has 0 radical (unpaired) electrons. The van der Waals surface area contributed by atoms with Gasteiger partial charge in [0.25, 0.3) is 0 Å². The molecule has 0 fully saturated rings. The topological polar surface area (TPSA) is 110 Å². The van der Waals surface area contributed by atoms with Crippen LogP contribution in [0.5, 0.6) is 0 Å². The molecule has 0 aromatic rings. The second-order valence-electron chi connectivity index (χ2n) is 1.89. The zero-order valence-electron chi connectivity index (χ0n) is 6.34. The molecule has 4 N–H and O–H groups in total. The van der Waals surface area contributed by atoms with E-state index in [1.165, 1.54) is 0 Å². The lowest BCUT2D eigenvalue weighted by Gasteiger charge is -2.09. The Labute approximate surface area is 73.4 Å². The van der Waals surface area contributed by atoms with Gasteiger partial charge in [-0.25, -0.2) is 4.57 Å². The van der Waals surface area contributed by atoms with E-state index < -0.39 is 18.8 Å². The van der Waals surface area contributed by atoms with E-state index in [1.54, 1.807) is 0 Å². The van der Waals surface area contributed by atoms with Crippen LogP contribution < -0.4 is 5.73 Å². The Bertz CT molecular complexity index is 210. The van der Waals surface area contributed by atoms with E-state index in [1.807, 2.05) is 0 Å². The molecule has 0 aromatic heterocycles. The lowest BCUT2D eigenvalue weighted by Crippen LogP contribution is -2.32. The predicted octanol–water partition coefficient (Wildman–Crippen LogP) is -0.122. The second-order valence-corrected chi connectivity index (χ2v) is 5.94. The third-order valence-electron chi connectivity index (χ3n) is 0.965. The van der Waals surface area contributed by atoms with Crippen molar-refractivity contribution in [1.82, 2.24) is 0 Å². The molecule has 0 aliphatic heterocycles. The Hall–Kier alpha value is -0.0700. The van der Waals surface area contributed by atoms with Crippen molar-refractivity contribution < 1.29 is 23.9 Å². The second kappa shape index (κ2) is 4.84. The molecule has 0 rings (SSSR count). The van der Waals surface area contributed by atoms with E-state index >= 15 is 0 Å². The number of nitrogens with two attached hydrogens (primary N) is 1. The lowest BCUT2D eigenvalue weighted by atomic mass is 10.4. The van der Waals surface area contributed by atoms with Crippen LogP contribution >= 0.6 is 18.2 Å². The number of hydrogen-bond donors (Lipinski definition) is 3. The monoisotopic (exact) mass is 215 g/mol. The van der Waals surface area contributed by atoms with Crippen LogP contribution in [0.1, 0.15) is 0 Å². The summed E-state index contributed by atoms with van der Waals surface area (Å²) < 4.78 is 15.0. The summed E-state index contributed by atoms with van der Waals surface area (Å²) >= 11 is 0.498. The van der Waals surface area contributed by atoms with Crippen molar-refractivity contribution in [2.75, 3.05) is 12.9 Å². The van der Waals surface area contributed by atoms with Gasteiger partial charge < -0.3 is 20.3 Å². The molecule has 8 heteroatoms. The quantitative estimate of drug-likeness (QED) is 0.548. The number of aliphatic carboxylic acids is 1. The minimum Gasteiger partial charge on any atom is -0.480 e. The smallest absolute Gasteiger partial charge is 0.386 e. The third-order valence-corrected chi connectivity index (χ3v) is 4.13. The van der Waals surface area contributed by atoms with Crippen molar-refractivity contribution in [2.45, 2.75) is 6.04 Å². The molecule has 0 saturated carbocycles. The fourth-order valence-electron chi connectivity index (χ4n) is 0.298. The number of carbonyl (C=O) groups is 1. The zero-order chi connectivity index (χ0) is 9.78. The molecule has 0 aromatic carbocycles. The molecule has 0 amide bonds. The molecule has 2 atom stereocenters. The van der Waals surface area contributed by atoms with Gasteiger partial charge in [0, 0.05) is 12.9 Å². The highest BCUT2D eigenvalue weighted by molar-refractivity contribution is 8.54. The molecule has 6 nitrogen and oxygen atoms in total. The molecule has 0 aliphatic carbocycles. The summed E-state index contributed by atoms with van der Waals surface area (Å²) in [5.41, 5.74) is 5.07. The van der Waals surface area contributed by atoms with Gasteiger partial charge in [0.2, 0.25) is 0 Å². The van der Waals surface area contributed by atoms with Gasteiger partial charge in [-0.2, -0.15) is 0 Å².